The van der Waals surface area contributed by atoms with Crippen molar-refractivity contribution in [2.24, 2.45) is 5.73 Å². The van der Waals surface area contributed by atoms with Gasteiger partial charge in [-0.1, -0.05) is 24.3 Å². The number of benzene rings is 2. The molecule has 8 N–H and O–H groups in total. The van der Waals surface area contributed by atoms with Gasteiger partial charge in [-0.05, 0) is 29.3 Å². The van der Waals surface area contributed by atoms with E-state index in [1.54, 1.807) is 0 Å². The molecule has 1 aromatic heterocycles. The Morgan fingerprint density at radius 1 is 0.875 bits per heavy atom. The average molecular weight is 482 g/mol. The highest BCUT2D eigenvalue weighted by molar-refractivity contribution is 7.86. The number of aromatic nitrogens is 3. The summed E-state index contributed by atoms with van der Waals surface area (Å²) in [5, 5.41) is 5.41. The molecule has 0 atom stereocenters. The lowest BCUT2D eigenvalue weighted by Crippen LogP contribution is -2.11. The van der Waals surface area contributed by atoms with E-state index < -0.39 is 35.7 Å². The summed E-state index contributed by atoms with van der Waals surface area (Å²) >= 11 is 0. The SMILES string of the molecule is NCc1cccc(CNc2nc(N)nc(Nc3cc(S(=O)(=O)O)ccc3S(=O)(=O)O)n2)c1. The Kier molecular flexibility index (Phi) is 6.56. The number of nitrogens with one attached hydrogen (secondary N) is 2. The molecule has 0 unspecified atom stereocenters. The predicted octanol–water partition coefficient (Wildman–Crippen LogP) is 0.762. The highest BCUT2D eigenvalue weighted by Gasteiger charge is 2.21. The zero-order valence-electron chi connectivity index (χ0n) is 16.3. The van der Waals surface area contributed by atoms with Crippen molar-refractivity contribution in [3.05, 3.63) is 53.6 Å². The van der Waals surface area contributed by atoms with Gasteiger partial charge < -0.3 is 22.1 Å². The molecule has 170 valence electrons. The maximum atomic E-state index is 11.7. The minimum Gasteiger partial charge on any atom is -0.368 e. The largest absolute Gasteiger partial charge is 0.368 e. The van der Waals surface area contributed by atoms with Crippen molar-refractivity contribution in [1.82, 2.24) is 15.0 Å². The van der Waals surface area contributed by atoms with Gasteiger partial charge in [-0.2, -0.15) is 31.8 Å². The van der Waals surface area contributed by atoms with Gasteiger partial charge in [-0.15, -0.1) is 0 Å². The maximum Gasteiger partial charge on any atom is 0.296 e. The Labute approximate surface area is 183 Å². The van der Waals surface area contributed by atoms with Crippen LogP contribution in [-0.2, 0) is 33.3 Å². The fourth-order valence-electron chi connectivity index (χ4n) is 2.69. The van der Waals surface area contributed by atoms with Crippen LogP contribution < -0.4 is 22.1 Å². The summed E-state index contributed by atoms with van der Waals surface area (Å²) < 4.78 is 64.8. The van der Waals surface area contributed by atoms with Crippen molar-refractivity contribution >= 4 is 43.8 Å². The van der Waals surface area contributed by atoms with Gasteiger partial charge in [-0.25, -0.2) is 0 Å². The number of anilines is 4. The van der Waals surface area contributed by atoms with Gasteiger partial charge in [0, 0.05) is 13.1 Å². The lowest BCUT2D eigenvalue weighted by molar-refractivity contribution is 0.479. The van der Waals surface area contributed by atoms with Crippen LogP contribution >= 0.6 is 0 Å². The van der Waals surface area contributed by atoms with Gasteiger partial charge in [-0.3, -0.25) is 9.11 Å². The van der Waals surface area contributed by atoms with E-state index in [1.807, 2.05) is 24.3 Å². The van der Waals surface area contributed by atoms with Crippen LogP contribution in [0.25, 0.3) is 0 Å². The summed E-state index contributed by atoms with van der Waals surface area (Å²) in [5.74, 6) is -0.425. The number of hydrogen-bond donors (Lipinski definition) is 6. The van der Waals surface area contributed by atoms with Crippen LogP contribution in [0, 0.1) is 0 Å². The van der Waals surface area contributed by atoms with Gasteiger partial charge in [0.15, 0.2) is 0 Å². The number of nitrogen functional groups attached to an aromatic ring is 1. The van der Waals surface area contributed by atoms with Crippen LogP contribution in [0.2, 0.25) is 0 Å². The predicted molar refractivity (Wildman–Crippen MR) is 115 cm³/mol. The molecule has 1 heterocycles. The third kappa shape index (κ3) is 5.86. The van der Waals surface area contributed by atoms with Gasteiger partial charge in [0.25, 0.3) is 20.2 Å². The molecule has 32 heavy (non-hydrogen) atoms. The fraction of sp³-hybridized carbons (Fsp3) is 0.118. The monoisotopic (exact) mass is 481 g/mol. The first-order valence-electron chi connectivity index (χ1n) is 8.85. The second-order valence-electron chi connectivity index (χ2n) is 6.45. The van der Waals surface area contributed by atoms with Crippen LogP contribution in [0.1, 0.15) is 11.1 Å². The molecule has 2 aromatic carbocycles. The highest BCUT2D eigenvalue weighted by Crippen LogP contribution is 2.27. The van der Waals surface area contributed by atoms with Crippen LogP contribution in [0.5, 0.6) is 0 Å². The Morgan fingerprint density at radius 3 is 2.22 bits per heavy atom. The molecule has 3 aromatic rings. The van der Waals surface area contributed by atoms with Crippen LogP contribution in [0.3, 0.4) is 0 Å². The number of nitrogens with zero attached hydrogens (tertiary/aromatic N) is 3. The van der Waals surface area contributed by atoms with E-state index >= 15 is 0 Å². The lowest BCUT2D eigenvalue weighted by Gasteiger charge is -2.12. The van der Waals surface area contributed by atoms with Gasteiger partial charge in [0.2, 0.25) is 17.8 Å². The van der Waals surface area contributed by atoms with Gasteiger partial charge in [0.1, 0.15) is 4.90 Å². The molecular weight excluding hydrogens is 462 g/mol. The number of hydrogen-bond acceptors (Lipinski definition) is 11. The molecule has 13 nitrogen and oxygen atoms in total. The molecule has 0 saturated heterocycles. The first kappa shape index (κ1) is 23.3. The Bertz CT molecular complexity index is 1360. The molecule has 0 amide bonds. The van der Waals surface area contributed by atoms with Gasteiger partial charge >= 0.3 is 0 Å². The summed E-state index contributed by atoms with van der Waals surface area (Å²) in [7, 11) is -9.41. The molecule has 0 fully saturated rings. The third-order valence-electron chi connectivity index (χ3n) is 4.10. The Hall–Kier alpha value is -3.37. The van der Waals surface area contributed by atoms with Gasteiger partial charge in [0.05, 0.1) is 10.6 Å². The second kappa shape index (κ2) is 9.01. The molecule has 0 spiro atoms. The molecule has 0 aliphatic heterocycles. The molecule has 0 saturated carbocycles. The van der Waals surface area contributed by atoms with Crippen LogP contribution in [-0.4, -0.2) is 40.9 Å². The normalized spacial score (nSPS) is 11.8. The topological polar surface area (TPSA) is 224 Å². The number of nitrogens with two attached hydrogens (primary N) is 2. The van der Waals surface area contributed by atoms with Crippen molar-refractivity contribution in [2.75, 3.05) is 16.4 Å². The smallest absolute Gasteiger partial charge is 0.296 e. The van der Waals surface area contributed by atoms with Crippen LogP contribution in [0.4, 0.5) is 23.5 Å². The van der Waals surface area contributed by atoms with Crippen molar-refractivity contribution < 1.29 is 25.9 Å². The highest BCUT2D eigenvalue weighted by atomic mass is 32.2. The van der Waals surface area contributed by atoms with E-state index in [1.165, 1.54) is 0 Å². The summed E-state index contributed by atoms with van der Waals surface area (Å²) in [5.41, 5.74) is 12.7. The van der Waals surface area contributed by atoms with Crippen molar-refractivity contribution in [1.29, 1.82) is 0 Å². The van der Waals surface area contributed by atoms with E-state index in [9.17, 15) is 25.9 Å². The zero-order chi connectivity index (χ0) is 23.5. The van der Waals surface area contributed by atoms with E-state index in [4.69, 9.17) is 11.5 Å². The summed E-state index contributed by atoms with van der Waals surface area (Å²) in [6, 6.07) is 9.87. The van der Waals surface area contributed by atoms with E-state index in [-0.39, 0.29) is 17.8 Å². The molecule has 0 bridgehead atoms. The summed E-state index contributed by atoms with van der Waals surface area (Å²) in [6.45, 7) is 0.685. The molecule has 3 rings (SSSR count). The molecule has 0 aliphatic rings. The van der Waals surface area contributed by atoms with Crippen molar-refractivity contribution in [2.45, 2.75) is 22.9 Å². The zero-order valence-corrected chi connectivity index (χ0v) is 17.9. The van der Waals surface area contributed by atoms with Crippen molar-refractivity contribution in [3.8, 4) is 0 Å². The molecular formula is C17H19N7O6S2. The first-order valence-corrected chi connectivity index (χ1v) is 11.7. The minimum atomic E-state index is -4.76. The van der Waals surface area contributed by atoms with Crippen LogP contribution in [0.15, 0.2) is 52.3 Å². The third-order valence-corrected chi connectivity index (χ3v) is 5.87. The Balaban J connectivity index is 1.91. The maximum absolute atomic E-state index is 11.7. The minimum absolute atomic E-state index is 0.0393. The average Bonchev–Trinajstić information content (AvgIpc) is 2.70. The first-order chi connectivity index (χ1) is 15.0. The van der Waals surface area contributed by atoms with Crippen molar-refractivity contribution in [3.63, 3.8) is 0 Å². The number of rotatable bonds is 8. The quantitative estimate of drug-likeness (QED) is 0.245. The second-order valence-corrected chi connectivity index (χ2v) is 9.26. The molecule has 15 heteroatoms. The molecule has 0 aliphatic carbocycles. The fourth-order valence-corrected chi connectivity index (χ4v) is 3.82. The Morgan fingerprint density at radius 2 is 1.56 bits per heavy atom. The summed E-state index contributed by atoms with van der Waals surface area (Å²) in [6.07, 6.45) is 0. The summed E-state index contributed by atoms with van der Waals surface area (Å²) in [4.78, 5) is 10.5. The van der Waals surface area contributed by atoms with E-state index in [2.05, 4.69) is 25.6 Å². The molecule has 0 radical (unpaired) electrons. The van der Waals surface area contributed by atoms with E-state index in [0.717, 1.165) is 29.3 Å². The van der Waals surface area contributed by atoms with E-state index in [0.29, 0.717) is 13.1 Å². The lowest BCUT2D eigenvalue weighted by atomic mass is 10.1. The standard InChI is InChI=1S/C17H19N7O6S2/c18-8-10-2-1-3-11(6-10)9-20-16-22-15(19)23-17(24-16)21-13-7-12(31(25,26)27)4-5-14(13)32(28,29)30/h1-7H,8-9,18H2,(H,25,26,27)(H,28,29,30)(H4,19,20,21,22,23,24).